The number of piperazine rings is 1. The third-order valence-electron chi connectivity index (χ3n) is 1.94. The van der Waals surface area contributed by atoms with Gasteiger partial charge in [-0.05, 0) is 13.3 Å². The fraction of sp³-hybridized carbons (Fsp3) is 1.00. The first-order valence-corrected chi connectivity index (χ1v) is 4.45. The Balaban J connectivity index is 1.96. The summed E-state index contributed by atoms with van der Waals surface area (Å²) in [5, 5.41) is 6.78. The highest BCUT2D eigenvalue weighted by atomic mass is 16.5. The molecule has 0 amide bonds. The van der Waals surface area contributed by atoms with E-state index >= 15 is 0 Å². The quantitative estimate of drug-likeness (QED) is 0.564. The largest absolute Gasteiger partial charge is 0.382 e. The minimum Gasteiger partial charge on any atom is -0.382 e. The zero-order valence-corrected chi connectivity index (χ0v) is 7.23. The third-order valence-corrected chi connectivity index (χ3v) is 1.94. The van der Waals surface area contributed by atoms with E-state index in [9.17, 15) is 0 Å². The van der Waals surface area contributed by atoms with Crippen molar-refractivity contribution in [1.82, 2.24) is 10.6 Å². The lowest BCUT2D eigenvalue weighted by molar-refractivity contribution is 0.134. The van der Waals surface area contributed by atoms with Crippen molar-refractivity contribution in [1.29, 1.82) is 0 Å². The first-order valence-electron chi connectivity index (χ1n) is 4.45. The molecule has 1 heterocycles. The molecular formula is C8H18N2O. The van der Waals surface area contributed by atoms with Gasteiger partial charge in [-0.1, -0.05) is 0 Å². The molecule has 0 aromatic heterocycles. The number of hydrogen-bond acceptors (Lipinski definition) is 3. The van der Waals surface area contributed by atoms with E-state index in [1.807, 2.05) is 6.92 Å². The third kappa shape index (κ3) is 3.70. The van der Waals surface area contributed by atoms with Gasteiger partial charge in [0.25, 0.3) is 0 Å². The Labute approximate surface area is 68.5 Å². The Kier molecular flexibility index (Phi) is 4.50. The molecule has 2 N–H and O–H groups in total. The van der Waals surface area contributed by atoms with Gasteiger partial charge in [-0.3, -0.25) is 0 Å². The maximum Gasteiger partial charge on any atom is 0.0481 e. The summed E-state index contributed by atoms with van der Waals surface area (Å²) in [4.78, 5) is 0. The van der Waals surface area contributed by atoms with Gasteiger partial charge in [-0.25, -0.2) is 0 Å². The van der Waals surface area contributed by atoms with Gasteiger partial charge in [-0.15, -0.1) is 0 Å². The summed E-state index contributed by atoms with van der Waals surface area (Å²) in [6.07, 6.45) is 1.13. The Bertz CT molecular complexity index is 92.1. The summed E-state index contributed by atoms with van der Waals surface area (Å²) in [7, 11) is 0. The molecule has 0 aromatic rings. The van der Waals surface area contributed by atoms with Crippen LogP contribution in [-0.4, -0.2) is 38.9 Å². The second-order valence-corrected chi connectivity index (χ2v) is 2.84. The van der Waals surface area contributed by atoms with Gasteiger partial charge >= 0.3 is 0 Å². The van der Waals surface area contributed by atoms with Crippen molar-refractivity contribution < 1.29 is 4.74 Å². The van der Waals surface area contributed by atoms with Crippen LogP contribution in [0.3, 0.4) is 0 Å². The number of ether oxygens (including phenoxy) is 1. The fourth-order valence-corrected chi connectivity index (χ4v) is 1.29. The lowest BCUT2D eigenvalue weighted by atomic mass is 10.2. The molecule has 3 heteroatoms. The summed E-state index contributed by atoms with van der Waals surface area (Å²) < 4.78 is 5.27. The molecular weight excluding hydrogens is 140 g/mol. The first kappa shape index (κ1) is 8.97. The molecule has 0 aliphatic carbocycles. The van der Waals surface area contributed by atoms with Crippen molar-refractivity contribution in [2.75, 3.05) is 32.8 Å². The second-order valence-electron chi connectivity index (χ2n) is 2.84. The van der Waals surface area contributed by atoms with Gasteiger partial charge in [0.05, 0.1) is 0 Å². The topological polar surface area (TPSA) is 33.3 Å². The zero-order valence-electron chi connectivity index (χ0n) is 7.23. The van der Waals surface area contributed by atoms with E-state index in [2.05, 4.69) is 10.6 Å². The molecule has 0 spiro atoms. The van der Waals surface area contributed by atoms with Crippen molar-refractivity contribution in [2.45, 2.75) is 19.4 Å². The molecule has 11 heavy (non-hydrogen) atoms. The van der Waals surface area contributed by atoms with Crippen LogP contribution in [0.1, 0.15) is 13.3 Å². The molecule has 0 radical (unpaired) electrons. The van der Waals surface area contributed by atoms with Gasteiger partial charge < -0.3 is 15.4 Å². The van der Waals surface area contributed by atoms with E-state index in [4.69, 9.17) is 4.74 Å². The second kappa shape index (κ2) is 5.52. The van der Waals surface area contributed by atoms with Crippen LogP contribution in [0.4, 0.5) is 0 Å². The summed E-state index contributed by atoms with van der Waals surface area (Å²) >= 11 is 0. The van der Waals surface area contributed by atoms with E-state index < -0.39 is 0 Å². The Morgan fingerprint density at radius 3 is 3.00 bits per heavy atom. The maximum atomic E-state index is 5.27. The standard InChI is InChI=1S/C8H18N2O/c1-2-11-6-3-8-7-9-4-5-10-8/h8-10H,2-7H2,1H3/t8-/m0/s1. The van der Waals surface area contributed by atoms with Crippen LogP contribution in [0.5, 0.6) is 0 Å². The molecule has 66 valence electrons. The summed E-state index contributed by atoms with van der Waals surface area (Å²) in [6, 6.07) is 0.621. The van der Waals surface area contributed by atoms with Crippen LogP contribution in [0, 0.1) is 0 Å². The van der Waals surface area contributed by atoms with Crippen molar-refractivity contribution >= 4 is 0 Å². The average Bonchev–Trinajstić information content (AvgIpc) is 2.07. The van der Waals surface area contributed by atoms with E-state index in [1.54, 1.807) is 0 Å². The molecule has 1 atom stereocenters. The van der Waals surface area contributed by atoms with E-state index in [0.29, 0.717) is 6.04 Å². The van der Waals surface area contributed by atoms with Gasteiger partial charge in [0.15, 0.2) is 0 Å². The lowest BCUT2D eigenvalue weighted by Gasteiger charge is -2.24. The molecule has 0 unspecified atom stereocenters. The van der Waals surface area contributed by atoms with Crippen molar-refractivity contribution in [3.8, 4) is 0 Å². The molecule has 0 saturated carbocycles. The maximum absolute atomic E-state index is 5.27. The normalized spacial score (nSPS) is 25.4. The molecule has 3 nitrogen and oxygen atoms in total. The summed E-state index contributed by atoms with van der Waals surface area (Å²) in [5.41, 5.74) is 0. The van der Waals surface area contributed by atoms with Gasteiger partial charge in [0.1, 0.15) is 0 Å². The van der Waals surface area contributed by atoms with E-state index in [-0.39, 0.29) is 0 Å². The van der Waals surface area contributed by atoms with E-state index in [1.165, 1.54) is 0 Å². The van der Waals surface area contributed by atoms with Crippen molar-refractivity contribution in [3.63, 3.8) is 0 Å². The van der Waals surface area contributed by atoms with Gasteiger partial charge in [0.2, 0.25) is 0 Å². The smallest absolute Gasteiger partial charge is 0.0481 e. The highest BCUT2D eigenvalue weighted by Crippen LogP contribution is 1.94. The van der Waals surface area contributed by atoms with Crippen molar-refractivity contribution in [2.24, 2.45) is 0 Å². The molecule has 1 rings (SSSR count). The monoisotopic (exact) mass is 158 g/mol. The minimum atomic E-state index is 0.621. The van der Waals surface area contributed by atoms with Crippen LogP contribution >= 0.6 is 0 Å². The predicted octanol–water partition coefficient (Wildman–Crippen LogP) is -0.0256. The first-order chi connectivity index (χ1) is 5.43. The molecule has 0 bridgehead atoms. The SMILES string of the molecule is CCOCC[C@H]1CNCCN1. The molecule has 1 saturated heterocycles. The molecule has 1 fully saturated rings. The van der Waals surface area contributed by atoms with E-state index in [0.717, 1.165) is 39.3 Å². The average molecular weight is 158 g/mol. The highest BCUT2D eigenvalue weighted by molar-refractivity contribution is 4.74. The number of rotatable bonds is 4. The number of hydrogen-bond donors (Lipinski definition) is 2. The molecule has 0 aromatic carbocycles. The van der Waals surface area contributed by atoms with Crippen LogP contribution in [0.25, 0.3) is 0 Å². The Morgan fingerprint density at radius 2 is 2.36 bits per heavy atom. The van der Waals surface area contributed by atoms with Gasteiger partial charge in [-0.2, -0.15) is 0 Å². The number of nitrogens with one attached hydrogen (secondary N) is 2. The minimum absolute atomic E-state index is 0.621. The van der Waals surface area contributed by atoms with Gasteiger partial charge in [0, 0.05) is 38.9 Å². The lowest BCUT2D eigenvalue weighted by Crippen LogP contribution is -2.48. The fourth-order valence-electron chi connectivity index (χ4n) is 1.29. The van der Waals surface area contributed by atoms with Crippen LogP contribution in [-0.2, 0) is 4.74 Å². The highest BCUT2D eigenvalue weighted by Gasteiger charge is 2.10. The molecule has 1 aliphatic heterocycles. The predicted molar refractivity (Wildman–Crippen MR) is 45.8 cm³/mol. The van der Waals surface area contributed by atoms with Crippen molar-refractivity contribution in [3.05, 3.63) is 0 Å². The van der Waals surface area contributed by atoms with Crippen LogP contribution in [0.15, 0.2) is 0 Å². The zero-order chi connectivity index (χ0) is 7.94. The Hall–Kier alpha value is -0.120. The van der Waals surface area contributed by atoms with Crippen LogP contribution in [0.2, 0.25) is 0 Å². The van der Waals surface area contributed by atoms with Crippen LogP contribution < -0.4 is 10.6 Å². The summed E-state index contributed by atoms with van der Waals surface area (Å²) in [5.74, 6) is 0. The molecule has 1 aliphatic rings. The Morgan fingerprint density at radius 1 is 1.45 bits per heavy atom. The summed E-state index contributed by atoms with van der Waals surface area (Å²) in [6.45, 7) is 7.04.